The van der Waals surface area contributed by atoms with E-state index < -0.39 is 0 Å². The van der Waals surface area contributed by atoms with Gasteiger partial charge < -0.3 is 5.32 Å². The van der Waals surface area contributed by atoms with E-state index in [-0.39, 0.29) is 5.56 Å². The maximum absolute atomic E-state index is 12.5. The van der Waals surface area contributed by atoms with Gasteiger partial charge in [0.2, 0.25) is 0 Å². The normalized spacial score (nSPS) is 11.4. The molecule has 2 rings (SSSR count). The molecule has 116 valence electrons. The number of rotatable bonds is 8. The minimum Gasteiger partial charge on any atom is -0.315 e. The molecule has 0 bridgehead atoms. The summed E-state index contributed by atoms with van der Waals surface area (Å²) >= 11 is 1.60. The van der Waals surface area contributed by atoms with Crippen molar-refractivity contribution >= 4 is 21.6 Å². The number of aromatic nitrogens is 2. The molecule has 4 nitrogen and oxygen atoms in total. The van der Waals surface area contributed by atoms with Crippen LogP contribution in [0.1, 0.15) is 43.0 Å². The second-order valence-electron chi connectivity index (χ2n) is 5.52. The van der Waals surface area contributed by atoms with Crippen molar-refractivity contribution in [1.29, 1.82) is 0 Å². The van der Waals surface area contributed by atoms with Crippen LogP contribution >= 0.6 is 11.3 Å². The monoisotopic (exact) mass is 307 g/mol. The Bertz CT molecular complexity index is 645. The molecule has 0 aliphatic rings. The van der Waals surface area contributed by atoms with E-state index in [4.69, 9.17) is 0 Å². The number of unbranched alkanes of at least 4 members (excludes halogenated alkanes) is 3. The summed E-state index contributed by atoms with van der Waals surface area (Å²) in [6, 6.07) is 0. The Balaban J connectivity index is 1.92. The Morgan fingerprint density at radius 3 is 2.81 bits per heavy atom. The smallest absolute Gasteiger partial charge is 0.262 e. The van der Waals surface area contributed by atoms with Gasteiger partial charge in [0.15, 0.2) is 0 Å². The molecule has 0 aliphatic heterocycles. The highest BCUT2D eigenvalue weighted by atomic mass is 32.1. The molecule has 0 fully saturated rings. The molecule has 0 saturated heterocycles. The number of hydrogen-bond donors (Lipinski definition) is 1. The highest BCUT2D eigenvalue weighted by Crippen LogP contribution is 2.25. The quantitative estimate of drug-likeness (QED) is 0.762. The molecule has 0 radical (unpaired) electrons. The van der Waals surface area contributed by atoms with Crippen molar-refractivity contribution in [2.45, 2.75) is 53.0 Å². The SMILES string of the molecule is CCCCCCNCCn1cnc2sc(C)c(C)c2c1=O. The van der Waals surface area contributed by atoms with Gasteiger partial charge in [-0.15, -0.1) is 11.3 Å². The van der Waals surface area contributed by atoms with Crippen LogP contribution < -0.4 is 10.9 Å². The Morgan fingerprint density at radius 2 is 2.05 bits per heavy atom. The second-order valence-corrected chi connectivity index (χ2v) is 6.72. The van der Waals surface area contributed by atoms with Crippen LogP contribution in [0.25, 0.3) is 10.2 Å². The predicted molar refractivity (Wildman–Crippen MR) is 90.4 cm³/mol. The van der Waals surface area contributed by atoms with Gasteiger partial charge in [-0.3, -0.25) is 9.36 Å². The van der Waals surface area contributed by atoms with Crippen molar-refractivity contribution in [3.63, 3.8) is 0 Å². The fraction of sp³-hybridized carbons (Fsp3) is 0.625. The van der Waals surface area contributed by atoms with Crippen molar-refractivity contribution in [3.05, 3.63) is 27.1 Å². The number of nitrogens with zero attached hydrogens (tertiary/aromatic N) is 2. The van der Waals surface area contributed by atoms with Gasteiger partial charge in [-0.05, 0) is 32.4 Å². The lowest BCUT2D eigenvalue weighted by atomic mass is 10.2. The molecule has 2 aromatic heterocycles. The van der Waals surface area contributed by atoms with E-state index in [0.717, 1.165) is 28.9 Å². The van der Waals surface area contributed by atoms with Crippen LogP contribution in [-0.4, -0.2) is 22.6 Å². The second kappa shape index (κ2) is 7.71. The van der Waals surface area contributed by atoms with Crippen LogP contribution in [0.4, 0.5) is 0 Å². The molecule has 0 aromatic carbocycles. The van der Waals surface area contributed by atoms with Gasteiger partial charge in [0.1, 0.15) is 4.83 Å². The van der Waals surface area contributed by atoms with E-state index in [1.165, 1.54) is 30.6 Å². The first-order chi connectivity index (χ1) is 10.1. The Labute approximate surface area is 130 Å². The van der Waals surface area contributed by atoms with E-state index in [1.54, 1.807) is 22.2 Å². The Kier molecular flexibility index (Phi) is 5.94. The van der Waals surface area contributed by atoms with Crippen LogP contribution in [0.2, 0.25) is 0 Å². The molecule has 0 spiro atoms. The molecule has 0 atom stereocenters. The highest BCUT2D eigenvalue weighted by Gasteiger charge is 2.11. The summed E-state index contributed by atoms with van der Waals surface area (Å²) in [7, 11) is 0. The third-order valence-corrected chi connectivity index (χ3v) is 5.01. The zero-order chi connectivity index (χ0) is 15.2. The van der Waals surface area contributed by atoms with E-state index in [0.29, 0.717) is 6.54 Å². The zero-order valence-electron chi connectivity index (χ0n) is 13.2. The van der Waals surface area contributed by atoms with Crippen LogP contribution in [0.15, 0.2) is 11.1 Å². The summed E-state index contributed by atoms with van der Waals surface area (Å²) in [6.45, 7) is 8.81. The summed E-state index contributed by atoms with van der Waals surface area (Å²) < 4.78 is 1.72. The fourth-order valence-electron chi connectivity index (χ4n) is 2.43. The summed E-state index contributed by atoms with van der Waals surface area (Å²) in [6.07, 6.45) is 6.74. The molecule has 1 N–H and O–H groups in total. The summed E-state index contributed by atoms with van der Waals surface area (Å²) in [5, 5.41) is 4.20. The Morgan fingerprint density at radius 1 is 1.24 bits per heavy atom. The largest absolute Gasteiger partial charge is 0.315 e. The lowest BCUT2D eigenvalue weighted by molar-refractivity contribution is 0.553. The van der Waals surface area contributed by atoms with Crippen molar-refractivity contribution in [3.8, 4) is 0 Å². The first kappa shape index (κ1) is 16.2. The van der Waals surface area contributed by atoms with Crippen LogP contribution in [0.3, 0.4) is 0 Å². The van der Waals surface area contributed by atoms with Gasteiger partial charge in [0.25, 0.3) is 5.56 Å². The van der Waals surface area contributed by atoms with Crippen LogP contribution in [-0.2, 0) is 6.54 Å². The van der Waals surface area contributed by atoms with Gasteiger partial charge in [0.05, 0.1) is 11.7 Å². The maximum atomic E-state index is 12.5. The van der Waals surface area contributed by atoms with Crippen molar-refractivity contribution in [2.75, 3.05) is 13.1 Å². The van der Waals surface area contributed by atoms with Crippen molar-refractivity contribution in [2.24, 2.45) is 0 Å². The van der Waals surface area contributed by atoms with Gasteiger partial charge in [-0.25, -0.2) is 4.98 Å². The van der Waals surface area contributed by atoms with Gasteiger partial charge in [-0.1, -0.05) is 26.2 Å². The molecule has 0 unspecified atom stereocenters. The topological polar surface area (TPSA) is 46.9 Å². The first-order valence-corrected chi connectivity index (χ1v) is 8.62. The third-order valence-electron chi connectivity index (χ3n) is 3.89. The number of nitrogens with one attached hydrogen (secondary N) is 1. The minimum atomic E-state index is 0.0923. The molecule has 0 aliphatic carbocycles. The lowest BCUT2D eigenvalue weighted by Gasteiger charge is -2.07. The zero-order valence-corrected chi connectivity index (χ0v) is 14.1. The summed E-state index contributed by atoms with van der Waals surface area (Å²) in [5.74, 6) is 0. The standard InChI is InChI=1S/C16H25N3OS/c1-4-5-6-7-8-17-9-10-19-11-18-15-14(16(19)20)12(2)13(3)21-15/h11,17H,4-10H2,1-3H3. The number of thiophene rings is 1. The molecular formula is C16H25N3OS. The molecule has 2 aromatic rings. The Hall–Kier alpha value is -1.20. The number of fused-ring (bicyclic) bond motifs is 1. The van der Waals surface area contributed by atoms with Crippen molar-refractivity contribution in [1.82, 2.24) is 14.9 Å². The first-order valence-electron chi connectivity index (χ1n) is 7.81. The maximum Gasteiger partial charge on any atom is 0.262 e. The molecule has 2 heterocycles. The van der Waals surface area contributed by atoms with E-state index in [1.807, 2.05) is 13.8 Å². The average molecular weight is 307 g/mol. The average Bonchev–Trinajstić information content (AvgIpc) is 2.76. The van der Waals surface area contributed by atoms with Gasteiger partial charge in [-0.2, -0.15) is 0 Å². The van der Waals surface area contributed by atoms with Gasteiger partial charge >= 0.3 is 0 Å². The summed E-state index contributed by atoms with van der Waals surface area (Å²) in [5.41, 5.74) is 1.17. The highest BCUT2D eigenvalue weighted by molar-refractivity contribution is 7.18. The molecular weight excluding hydrogens is 282 g/mol. The molecule has 5 heteroatoms. The fourth-order valence-corrected chi connectivity index (χ4v) is 3.42. The van der Waals surface area contributed by atoms with E-state index in [2.05, 4.69) is 17.2 Å². The van der Waals surface area contributed by atoms with E-state index >= 15 is 0 Å². The predicted octanol–water partition coefficient (Wildman–Crippen LogP) is 3.24. The molecule has 0 saturated carbocycles. The van der Waals surface area contributed by atoms with Crippen LogP contribution in [0.5, 0.6) is 0 Å². The number of aryl methyl sites for hydroxylation is 2. The molecule has 0 amide bonds. The van der Waals surface area contributed by atoms with Crippen molar-refractivity contribution < 1.29 is 0 Å². The lowest BCUT2D eigenvalue weighted by Crippen LogP contribution is -2.27. The third kappa shape index (κ3) is 3.92. The number of hydrogen-bond acceptors (Lipinski definition) is 4. The minimum absolute atomic E-state index is 0.0923. The molecule has 21 heavy (non-hydrogen) atoms. The van der Waals surface area contributed by atoms with E-state index in [9.17, 15) is 4.79 Å². The van der Waals surface area contributed by atoms with Gasteiger partial charge in [0, 0.05) is 18.0 Å². The summed E-state index contributed by atoms with van der Waals surface area (Å²) in [4.78, 5) is 18.9. The van der Waals surface area contributed by atoms with Crippen LogP contribution in [0, 0.1) is 13.8 Å².